The van der Waals surface area contributed by atoms with Gasteiger partial charge in [-0.05, 0) is 24.3 Å². The van der Waals surface area contributed by atoms with E-state index in [4.69, 9.17) is 4.42 Å². The Morgan fingerprint density at radius 3 is 2.78 bits per heavy atom. The van der Waals surface area contributed by atoms with Crippen LogP contribution in [-0.2, 0) is 0 Å². The average Bonchev–Trinajstić information content (AvgIpc) is 3.22. The van der Waals surface area contributed by atoms with E-state index in [2.05, 4.69) is 15.3 Å². The predicted molar refractivity (Wildman–Crippen MR) is 89.5 cm³/mol. The Hall–Kier alpha value is -2.99. The smallest absolute Gasteiger partial charge is 0.293 e. The van der Waals surface area contributed by atoms with E-state index in [0.717, 1.165) is 16.6 Å². The molecule has 0 spiro atoms. The maximum atomic E-state index is 12.3. The summed E-state index contributed by atoms with van der Waals surface area (Å²) in [5, 5.41) is 6.09. The Morgan fingerprint density at radius 2 is 1.96 bits per heavy atom. The molecule has 0 radical (unpaired) electrons. The average molecular weight is 321 g/mol. The lowest BCUT2D eigenvalue weighted by Crippen LogP contribution is -2.10. The summed E-state index contributed by atoms with van der Waals surface area (Å²) in [5.41, 5.74) is 2.45. The molecule has 0 aliphatic heterocycles. The Labute approximate surface area is 135 Å². The first-order valence-electron chi connectivity index (χ1n) is 6.95. The molecule has 23 heavy (non-hydrogen) atoms. The number of para-hydroxylation sites is 1. The normalized spacial score (nSPS) is 10.8. The second kappa shape index (κ2) is 5.66. The zero-order valence-corrected chi connectivity index (χ0v) is 12.7. The van der Waals surface area contributed by atoms with Crippen LogP contribution in [0.15, 0.2) is 64.7 Å². The van der Waals surface area contributed by atoms with Gasteiger partial charge in [0.15, 0.2) is 10.9 Å². The SMILES string of the molecule is O=C(Nc1nc(-c2ccncc2)cs1)c1cc2ccccc2o1. The van der Waals surface area contributed by atoms with Crippen LogP contribution < -0.4 is 5.32 Å². The number of fused-ring (bicyclic) bond motifs is 1. The summed E-state index contributed by atoms with van der Waals surface area (Å²) in [6.45, 7) is 0. The molecule has 0 saturated carbocycles. The Morgan fingerprint density at radius 1 is 1.13 bits per heavy atom. The molecule has 0 aliphatic carbocycles. The number of carbonyl (C=O) groups excluding carboxylic acids is 1. The number of thiazole rings is 1. The van der Waals surface area contributed by atoms with E-state index in [1.54, 1.807) is 18.5 Å². The largest absolute Gasteiger partial charge is 0.451 e. The molecule has 4 aromatic rings. The highest BCUT2D eigenvalue weighted by Crippen LogP contribution is 2.25. The molecule has 0 atom stereocenters. The van der Waals surface area contributed by atoms with Gasteiger partial charge in [-0.3, -0.25) is 15.1 Å². The first-order valence-corrected chi connectivity index (χ1v) is 7.83. The van der Waals surface area contributed by atoms with Gasteiger partial charge in [-0.15, -0.1) is 11.3 Å². The fraction of sp³-hybridized carbons (Fsp3) is 0. The molecule has 112 valence electrons. The van der Waals surface area contributed by atoms with E-state index in [0.29, 0.717) is 10.7 Å². The van der Waals surface area contributed by atoms with Crippen LogP contribution in [0, 0.1) is 0 Å². The minimum atomic E-state index is -0.308. The van der Waals surface area contributed by atoms with E-state index in [1.807, 2.05) is 41.8 Å². The summed E-state index contributed by atoms with van der Waals surface area (Å²) in [5.74, 6) is -0.0383. The number of furan rings is 1. The van der Waals surface area contributed by atoms with Crippen molar-refractivity contribution in [1.82, 2.24) is 9.97 Å². The molecule has 0 unspecified atom stereocenters. The minimum absolute atomic E-state index is 0.270. The van der Waals surface area contributed by atoms with Gasteiger partial charge in [0.1, 0.15) is 5.58 Å². The van der Waals surface area contributed by atoms with Crippen LogP contribution in [0.3, 0.4) is 0 Å². The highest BCUT2D eigenvalue weighted by Gasteiger charge is 2.14. The number of rotatable bonds is 3. The number of carbonyl (C=O) groups is 1. The number of hydrogen-bond acceptors (Lipinski definition) is 5. The van der Waals surface area contributed by atoms with Crippen LogP contribution in [0.5, 0.6) is 0 Å². The quantitative estimate of drug-likeness (QED) is 0.614. The van der Waals surface area contributed by atoms with Crippen molar-refractivity contribution >= 4 is 33.3 Å². The van der Waals surface area contributed by atoms with Crippen LogP contribution in [-0.4, -0.2) is 15.9 Å². The third-order valence-electron chi connectivity index (χ3n) is 3.35. The Kier molecular flexibility index (Phi) is 3.36. The standard InChI is InChI=1S/C17H11N3O2S/c21-16(15-9-12-3-1-2-4-14(12)22-15)20-17-19-13(10-23-17)11-5-7-18-8-6-11/h1-10H,(H,19,20,21). The molecule has 6 heteroatoms. The molecular formula is C17H11N3O2S. The maximum Gasteiger partial charge on any atom is 0.293 e. The molecule has 1 aromatic carbocycles. The van der Waals surface area contributed by atoms with Crippen molar-refractivity contribution in [3.8, 4) is 11.3 Å². The van der Waals surface area contributed by atoms with Crippen LogP contribution in [0.25, 0.3) is 22.2 Å². The highest BCUT2D eigenvalue weighted by atomic mass is 32.1. The molecular weight excluding hydrogens is 310 g/mol. The van der Waals surface area contributed by atoms with E-state index < -0.39 is 0 Å². The van der Waals surface area contributed by atoms with Gasteiger partial charge < -0.3 is 4.42 Å². The molecule has 0 saturated heterocycles. The first kappa shape index (κ1) is 13.7. The van der Waals surface area contributed by atoms with Crippen molar-refractivity contribution in [3.05, 3.63) is 66.0 Å². The summed E-state index contributed by atoms with van der Waals surface area (Å²) in [6, 6.07) is 13.0. The fourth-order valence-electron chi connectivity index (χ4n) is 2.24. The van der Waals surface area contributed by atoms with Crippen molar-refractivity contribution in [2.24, 2.45) is 0 Å². The molecule has 0 bridgehead atoms. The van der Waals surface area contributed by atoms with E-state index in [1.165, 1.54) is 11.3 Å². The fourth-order valence-corrected chi connectivity index (χ4v) is 2.95. The lowest BCUT2D eigenvalue weighted by Gasteiger charge is -1.97. The van der Waals surface area contributed by atoms with Gasteiger partial charge in [-0.2, -0.15) is 0 Å². The number of pyridine rings is 1. The van der Waals surface area contributed by atoms with E-state index in [-0.39, 0.29) is 11.7 Å². The number of nitrogens with one attached hydrogen (secondary N) is 1. The van der Waals surface area contributed by atoms with Gasteiger partial charge in [-0.1, -0.05) is 18.2 Å². The molecule has 4 rings (SSSR count). The second-order valence-corrected chi connectivity index (χ2v) is 5.73. The topological polar surface area (TPSA) is 68.0 Å². The molecule has 1 N–H and O–H groups in total. The van der Waals surface area contributed by atoms with Gasteiger partial charge in [0.25, 0.3) is 5.91 Å². The predicted octanol–water partition coefficient (Wildman–Crippen LogP) is 4.20. The van der Waals surface area contributed by atoms with Gasteiger partial charge in [-0.25, -0.2) is 4.98 Å². The number of hydrogen-bond donors (Lipinski definition) is 1. The Bertz CT molecular complexity index is 943. The summed E-state index contributed by atoms with van der Waals surface area (Å²) in [6.07, 6.45) is 3.42. The molecule has 5 nitrogen and oxygen atoms in total. The molecule has 0 aliphatic rings. The van der Waals surface area contributed by atoms with Crippen molar-refractivity contribution in [3.63, 3.8) is 0 Å². The van der Waals surface area contributed by atoms with Crippen LogP contribution in [0.2, 0.25) is 0 Å². The van der Waals surface area contributed by atoms with Gasteiger partial charge in [0.2, 0.25) is 0 Å². The number of anilines is 1. The summed E-state index contributed by atoms with van der Waals surface area (Å²) in [4.78, 5) is 20.7. The molecule has 3 heterocycles. The summed E-state index contributed by atoms with van der Waals surface area (Å²) < 4.78 is 5.55. The zero-order chi connectivity index (χ0) is 15.6. The third-order valence-corrected chi connectivity index (χ3v) is 4.11. The van der Waals surface area contributed by atoms with Gasteiger partial charge in [0.05, 0.1) is 5.69 Å². The minimum Gasteiger partial charge on any atom is -0.451 e. The number of nitrogens with zero attached hydrogens (tertiary/aromatic N) is 2. The number of aromatic nitrogens is 2. The van der Waals surface area contributed by atoms with Gasteiger partial charge in [0, 0.05) is 28.7 Å². The van der Waals surface area contributed by atoms with Crippen molar-refractivity contribution in [1.29, 1.82) is 0 Å². The van der Waals surface area contributed by atoms with Crippen LogP contribution >= 0.6 is 11.3 Å². The van der Waals surface area contributed by atoms with E-state index >= 15 is 0 Å². The lowest BCUT2D eigenvalue weighted by atomic mass is 10.2. The maximum absolute atomic E-state index is 12.3. The third kappa shape index (κ3) is 2.72. The second-order valence-electron chi connectivity index (χ2n) is 4.88. The zero-order valence-electron chi connectivity index (χ0n) is 11.9. The Balaban J connectivity index is 1.56. The van der Waals surface area contributed by atoms with Crippen LogP contribution in [0.1, 0.15) is 10.6 Å². The van der Waals surface area contributed by atoms with Crippen molar-refractivity contribution < 1.29 is 9.21 Å². The number of amides is 1. The van der Waals surface area contributed by atoms with Crippen molar-refractivity contribution in [2.75, 3.05) is 5.32 Å². The summed E-state index contributed by atoms with van der Waals surface area (Å²) in [7, 11) is 0. The van der Waals surface area contributed by atoms with Crippen LogP contribution in [0.4, 0.5) is 5.13 Å². The monoisotopic (exact) mass is 321 g/mol. The number of benzene rings is 1. The van der Waals surface area contributed by atoms with Gasteiger partial charge >= 0.3 is 0 Å². The van der Waals surface area contributed by atoms with E-state index in [9.17, 15) is 4.79 Å². The highest BCUT2D eigenvalue weighted by molar-refractivity contribution is 7.14. The molecule has 0 fully saturated rings. The van der Waals surface area contributed by atoms with Crippen molar-refractivity contribution in [2.45, 2.75) is 0 Å². The summed E-state index contributed by atoms with van der Waals surface area (Å²) >= 11 is 1.37. The first-order chi connectivity index (χ1) is 11.3. The molecule has 1 amide bonds. The lowest BCUT2D eigenvalue weighted by molar-refractivity contribution is 0.0998. The molecule has 3 aromatic heterocycles.